The molecule has 5 nitrogen and oxygen atoms in total. The minimum absolute atomic E-state index is 0.0185. The molecule has 1 N–H and O–H groups in total. The Hall–Kier alpha value is -2.14. The first-order valence-corrected chi connectivity index (χ1v) is 8.15. The number of aryl methyl sites for hydroxylation is 1. The second kappa shape index (κ2) is 6.54. The van der Waals surface area contributed by atoms with E-state index in [1.807, 2.05) is 30.3 Å². The van der Waals surface area contributed by atoms with Gasteiger partial charge in [-0.2, -0.15) is 0 Å². The van der Waals surface area contributed by atoms with E-state index in [1.54, 1.807) is 18.7 Å². The van der Waals surface area contributed by atoms with Gasteiger partial charge >= 0.3 is 0 Å². The standard InChI is InChI=1S/C18H23N3O2/c1-19-17(22)16-9-5-6-10-21(16)12-14-11-13-7-3-4-8-15(13)20(2)18(14)23/h3-4,7-8,11,16H,5-6,9-10,12H2,1-2H3,(H,19,22)/t16-/m0/s1. The van der Waals surface area contributed by atoms with Gasteiger partial charge < -0.3 is 9.88 Å². The quantitative estimate of drug-likeness (QED) is 0.937. The summed E-state index contributed by atoms with van der Waals surface area (Å²) in [7, 11) is 3.48. The van der Waals surface area contributed by atoms with Gasteiger partial charge in [0, 0.05) is 26.2 Å². The largest absolute Gasteiger partial charge is 0.358 e. The third-order valence-electron chi connectivity index (χ3n) is 4.74. The zero-order chi connectivity index (χ0) is 16.4. The first-order valence-electron chi connectivity index (χ1n) is 8.15. The molecule has 0 spiro atoms. The number of piperidine rings is 1. The van der Waals surface area contributed by atoms with Gasteiger partial charge in [0.05, 0.1) is 11.6 Å². The van der Waals surface area contributed by atoms with Crippen LogP contribution in [0, 0.1) is 0 Å². The van der Waals surface area contributed by atoms with Crippen LogP contribution in [-0.4, -0.2) is 35.0 Å². The molecule has 1 aliphatic rings. The molecule has 0 radical (unpaired) electrons. The van der Waals surface area contributed by atoms with Crippen LogP contribution in [0.4, 0.5) is 0 Å². The lowest BCUT2D eigenvalue weighted by molar-refractivity contribution is -0.127. The number of likely N-dealkylation sites (N-methyl/N-ethyl adjacent to an activating group) is 1. The Kier molecular flexibility index (Phi) is 4.48. The van der Waals surface area contributed by atoms with Gasteiger partial charge in [0.2, 0.25) is 5.91 Å². The maximum Gasteiger partial charge on any atom is 0.255 e. The van der Waals surface area contributed by atoms with Crippen molar-refractivity contribution >= 4 is 16.8 Å². The van der Waals surface area contributed by atoms with Crippen LogP contribution >= 0.6 is 0 Å². The summed E-state index contributed by atoms with van der Waals surface area (Å²) in [5.41, 5.74) is 1.70. The van der Waals surface area contributed by atoms with Crippen LogP contribution in [-0.2, 0) is 18.4 Å². The number of para-hydroxylation sites is 1. The summed E-state index contributed by atoms with van der Waals surface area (Å²) in [5.74, 6) is 0.0438. The molecule has 3 rings (SSSR count). The Balaban J connectivity index is 1.95. The molecule has 122 valence electrons. The fourth-order valence-electron chi connectivity index (χ4n) is 3.47. The Labute approximate surface area is 135 Å². The number of fused-ring (bicyclic) bond motifs is 1. The Bertz CT molecular complexity index is 781. The highest BCUT2D eigenvalue weighted by molar-refractivity contribution is 5.81. The van der Waals surface area contributed by atoms with Crippen molar-refractivity contribution in [2.45, 2.75) is 31.8 Å². The van der Waals surface area contributed by atoms with Crippen molar-refractivity contribution in [3.63, 3.8) is 0 Å². The summed E-state index contributed by atoms with van der Waals surface area (Å²) in [4.78, 5) is 26.9. The van der Waals surface area contributed by atoms with Crippen LogP contribution in [0.2, 0.25) is 0 Å². The first-order chi connectivity index (χ1) is 11.1. The van der Waals surface area contributed by atoms with Gasteiger partial charge in [-0.3, -0.25) is 14.5 Å². The fraction of sp³-hybridized carbons (Fsp3) is 0.444. The molecule has 2 heterocycles. The van der Waals surface area contributed by atoms with Gasteiger partial charge in [0.1, 0.15) is 0 Å². The number of amides is 1. The Morgan fingerprint density at radius 1 is 1.30 bits per heavy atom. The van der Waals surface area contributed by atoms with Crippen molar-refractivity contribution < 1.29 is 4.79 Å². The van der Waals surface area contributed by atoms with Crippen molar-refractivity contribution in [2.75, 3.05) is 13.6 Å². The summed E-state index contributed by atoms with van der Waals surface area (Å²) in [6.07, 6.45) is 2.99. The molecule has 1 amide bonds. The number of hydrogen-bond donors (Lipinski definition) is 1. The van der Waals surface area contributed by atoms with E-state index < -0.39 is 0 Å². The van der Waals surface area contributed by atoms with E-state index in [2.05, 4.69) is 10.2 Å². The van der Waals surface area contributed by atoms with E-state index in [1.165, 1.54) is 0 Å². The predicted octanol–water partition coefficient (Wildman–Crippen LogP) is 1.64. The topological polar surface area (TPSA) is 54.3 Å². The number of aromatic nitrogens is 1. The molecule has 0 bridgehead atoms. The number of nitrogens with one attached hydrogen (secondary N) is 1. The fourth-order valence-corrected chi connectivity index (χ4v) is 3.47. The molecule has 0 saturated carbocycles. The van der Waals surface area contributed by atoms with Crippen molar-refractivity contribution in [3.8, 4) is 0 Å². The van der Waals surface area contributed by atoms with Crippen LogP contribution in [0.1, 0.15) is 24.8 Å². The normalized spacial score (nSPS) is 19.0. The molecule has 2 aromatic rings. The van der Waals surface area contributed by atoms with Gasteiger partial charge in [-0.25, -0.2) is 0 Å². The number of carbonyl (C=O) groups excluding carboxylic acids is 1. The number of carbonyl (C=O) groups is 1. The maximum absolute atomic E-state index is 12.6. The number of rotatable bonds is 3. The third kappa shape index (κ3) is 3.01. The first kappa shape index (κ1) is 15.7. The number of pyridine rings is 1. The number of nitrogens with zero attached hydrogens (tertiary/aromatic N) is 2. The zero-order valence-electron chi connectivity index (χ0n) is 13.7. The third-order valence-corrected chi connectivity index (χ3v) is 4.74. The highest BCUT2D eigenvalue weighted by atomic mass is 16.2. The second-order valence-electron chi connectivity index (χ2n) is 6.19. The lowest BCUT2D eigenvalue weighted by atomic mass is 10.0. The predicted molar refractivity (Wildman–Crippen MR) is 91.3 cm³/mol. The van der Waals surface area contributed by atoms with Crippen LogP contribution in [0.3, 0.4) is 0 Å². The molecule has 1 aromatic carbocycles. The van der Waals surface area contributed by atoms with Crippen LogP contribution in [0.15, 0.2) is 35.1 Å². The molecule has 1 fully saturated rings. The molecule has 1 aliphatic heterocycles. The van der Waals surface area contributed by atoms with Crippen LogP contribution < -0.4 is 10.9 Å². The summed E-state index contributed by atoms with van der Waals surface area (Å²) in [6.45, 7) is 1.38. The number of hydrogen-bond acceptors (Lipinski definition) is 3. The molecular weight excluding hydrogens is 290 g/mol. The average Bonchev–Trinajstić information content (AvgIpc) is 2.59. The Morgan fingerprint density at radius 3 is 2.87 bits per heavy atom. The van der Waals surface area contributed by atoms with E-state index in [0.29, 0.717) is 6.54 Å². The van der Waals surface area contributed by atoms with E-state index >= 15 is 0 Å². The van der Waals surface area contributed by atoms with Gasteiger partial charge in [-0.15, -0.1) is 0 Å². The SMILES string of the molecule is CNC(=O)[C@@H]1CCCCN1Cc1cc2ccccc2n(C)c1=O. The lowest BCUT2D eigenvalue weighted by Gasteiger charge is -2.34. The molecule has 23 heavy (non-hydrogen) atoms. The van der Waals surface area contributed by atoms with E-state index in [-0.39, 0.29) is 17.5 Å². The maximum atomic E-state index is 12.6. The van der Waals surface area contributed by atoms with Crippen LogP contribution in [0.5, 0.6) is 0 Å². The van der Waals surface area contributed by atoms with E-state index in [4.69, 9.17) is 0 Å². The average molecular weight is 313 g/mol. The van der Waals surface area contributed by atoms with Crippen LogP contribution in [0.25, 0.3) is 10.9 Å². The molecule has 1 aromatic heterocycles. The summed E-state index contributed by atoms with van der Waals surface area (Å²) < 4.78 is 1.70. The number of benzene rings is 1. The molecule has 0 aliphatic carbocycles. The summed E-state index contributed by atoms with van der Waals surface area (Å²) >= 11 is 0. The van der Waals surface area contributed by atoms with E-state index in [9.17, 15) is 9.59 Å². The van der Waals surface area contributed by atoms with Crippen molar-refractivity contribution in [1.82, 2.24) is 14.8 Å². The minimum Gasteiger partial charge on any atom is -0.358 e. The Morgan fingerprint density at radius 2 is 2.09 bits per heavy atom. The zero-order valence-corrected chi connectivity index (χ0v) is 13.7. The summed E-state index contributed by atoms with van der Waals surface area (Å²) in [5, 5.41) is 3.80. The van der Waals surface area contributed by atoms with Crippen molar-refractivity contribution in [3.05, 3.63) is 46.2 Å². The van der Waals surface area contributed by atoms with E-state index in [0.717, 1.165) is 42.3 Å². The molecule has 1 saturated heterocycles. The monoisotopic (exact) mass is 313 g/mol. The molecule has 1 atom stereocenters. The number of likely N-dealkylation sites (tertiary alicyclic amines) is 1. The smallest absolute Gasteiger partial charge is 0.255 e. The van der Waals surface area contributed by atoms with Gasteiger partial charge in [0.25, 0.3) is 5.56 Å². The van der Waals surface area contributed by atoms with Gasteiger partial charge in [-0.05, 0) is 36.9 Å². The van der Waals surface area contributed by atoms with Gasteiger partial charge in [0.15, 0.2) is 0 Å². The molecular formula is C18H23N3O2. The minimum atomic E-state index is -0.134. The van der Waals surface area contributed by atoms with Crippen molar-refractivity contribution in [1.29, 1.82) is 0 Å². The molecule has 0 unspecified atom stereocenters. The highest BCUT2D eigenvalue weighted by Gasteiger charge is 2.28. The highest BCUT2D eigenvalue weighted by Crippen LogP contribution is 2.20. The lowest BCUT2D eigenvalue weighted by Crippen LogP contribution is -2.48. The molecule has 5 heteroatoms. The van der Waals surface area contributed by atoms with Gasteiger partial charge in [-0.1, -0.05) is 24.6 Å². The second-order valence-corrected chi connectivity index (χ2v) is 6.19. The summed E-state index contributed by atoms with van der Waals surface area (Å²) in [6, 6.07) is 9.72. The van der Waals surface area contributed by atoms with Crippen molar-refractivity contribution in [2.24, 2.45) is 7.05 Å².